The van der Waals surface area contributed by atoms with E-state index in [1.54, 1.807) is 13.8 Å². The summed E-state index contributed by atoms with van der Waals surface area (Å²) in [7, 11) is 0. The number of benzene rings is 1. The third-order valence-corrected chi connectivity index (χ3v) is 3.08. The molecule has 0 saturated heterocycles. The van der Waals surface area contributed by atoms with Crippen LogP contribution in [0.4, 0.5) is 14.5 Å². The number of rotatable bonds is 3. The molecular formula is C11H13BrF2N2O. The van der Waals surface area contributed by atoms with E-state index in [1.165, 1.54) is 6.07 Å². The fourth-order valence-electron chi connectivity index (χ4n) is 1.10. The van der Waals surface area contributed by atoms with Gasteiger partial charge in [-0.2, -0.15) is 0 Å². The van der Waals surface area contributed by atoms with E-state index in [2.05, 4.69) is 21.2 Å². The van der Waals surface area contributed by atoms with E-state index in [9.17, 15) is 13.6 Å². The molecule has 0 aliphatic carbocycles. The van der Waals surface area contributed by atoms with Crippen molar-refractivity contribution in [1.82, 2.24) is 0 Å². The summed E-state index contributed by atoms with van der Waals surface area (Å²) < 4.78 is 26.4. The molecule has 6 heteroatoms. The predicted octanol–water partition coefficient (Wildman–Crippen LogP) is 2.65. The highest BCUT2D eigenvalue weighted by atomic mass is 79.9. The van der Waals surface area contributed by atoms with Gasteiger partial charge in [-0.25, -0.2) is 8.78 Å². The molecule has 0 aliphatic heterocycles. The van der Waals surface area contributed by atoms with Gasteiger partial charge in [-0.1, -0.05) is 6.92 Å². The summed E-state index contributed by atoms with van der Waals surface area (Å²) in [4.78, 5) is 11.6. The number of amides is 1. The van der Waals surface area contributed by atoms with Crippen LogP contribution in [-0.4, -0.2) is 11.9 Å². The predicted molar refractivity (Wildman–Crippen MR) is 65.5 cm³/mol. The fraction of sp³-hybridized carbons (Fsp3) is 0.364. The Morgan fingerprint density at radius 2 is 1.94 bits per heavy atom. The average Bonchev–Trinajstić information content (AvgIpc) is 2.24. The normalized spacial score (nSPS) is 14.2. The summed E-state index contributed by atoms with van der Waals surface area (Å²) in [6.07, 6.45) is 0. The Balaban J connectivity index is 2.89. The second-order valence-electron chi connectivity index (χ2n) is 3.88. The van der Waals surface area contributed by atoms with Gasteiger partial charge in [0, 0.05) is 12.1 Å². The highest BCUT2D eigenvalue weighted by molar-refractivity contribution is 9.10. The smallest absolute Gasteiger partial charge is 0.228 e. The minimum Gasteiger partial charge on any atom is -0.327 e. The van der Waals surface area contributed by atoms with Gasteiger partial charge in [0.1, 0.15) is 11.6 Å². The Morgan fingerprint density at radius 1 is 1.35 bits per heavy atom. The van der Waals surface area contributed by atoms with Crippen molar-refractivity contribution in [3.05, 3.63) is 28.2 Å². The number of hydrogen-bond donors (Lipinski definition) is 2. The molecule has 0 aromatic heterocycles. The van der Waals surface area contributed by atoms with Crippen molar-refractivity contribution in [2.24, 2.45) is 11.7 Å². The number of hydrogen-bond acceptors (Lipinski definition) is 2. The van der Waals surface area contributed by atoms with Crippen LogP contribution >= 0.6 is 15.9 Å². The van der Waals surface area contributed by atoms with E-state index in [-0.39, 0.29) is 16.2 Å². The molecule has 0 saturated carbocycles. The third-order valence-electron chi connectivity index (χ3n) is 2.47. The molecule has 0 radical (unpaired) electrons. The lowest BCUT2D eigenvalue weighted by Crippen LogP contribution is -2.34. The summed E-state index contributed by atoms with van der Waals surface area (Å²) in [5.74, 6) is -2.41. The van der Waals surface area contributed by atoms with Crippen LogP contribution < -0.4 is 11.1 Å². The molecule has 2 atom stereocenters. The van der Waals surface area contributed by atoms with Gasteiger partial charge in [0.05, 0.1) is 16.1 Å². The summed E-state index contributed by atoms with van der Waals surface area (Å²) in [5.41, 5.74) is 5.49. The van der Waals surface area contributed by atoms with Crippen molar-refractivity contribution in [2.45, 2.75) is 19.9 Å². The molecule has 0 aliphatic rings. The van der Waals surface area contributed by atoms with Crippen molar-refractivity contribution in [3.63, 3.8) is 0 Å². The van der Waals surface area contributed by atoms with Gasteiger partial charge in [0.2, 0.25) is 5.91 Å². The summed E-state index contributed by atoms with van der Waals surface area (Å²) in [6, 6.07) is 1.54. The van der Waals surface area contributed by atoms with E-state index in [1.807, 2.05) is 0 Å². The second kappa shape index (κ2) is 5.55. The molecule has 1 aromatic rings. The molecule has 3 nitrogen and oxygen atoms in total. The lowest BCUT2D eigenvalue weighted by molar-refractivity contribution is -0.119. The first-order chi connectivity index (χ1) is 7.82. The first kappa shape index (κ1) is 14.1. The zero-order valence-corrected chi connectivity index (χ0v) is 11.0. The monoisotopic (exact) mass is 306 g/mol. The van der Waals surface area contributed by atoms with Crippen LogP contribution in [0.3, 0.4) is 0 Å². The molecule has 1 rings (SSSR count). The van der Waals surface area contributed by atoms with Crippen molar-refractivity contribution in [1.29, 1.82) is 0 Å². The van der Waals surface area contributed by atoms with Gasteiger partial charge in [-0.3, -0.25) is 4.79 Å². The van der Waals surface area contributed by atoms with Gasteiger partial charge < -0.3 is 11.1 Å². The largest absolute Gasteiger partial charge is 0.327 e. The molecule has 94 valence electrons. The summed E-state index contributed by atoms with van der Waals surface area (Å²) >= 11 is 2.92. The standard InChI is InChI=1S/C11H13BrF2N2O/c1-5(6(2)15)11(17)16-10-3-7(12)8(13)4-9(10)14/h3-6H,15H2,1-2H3,(H,16,17). The molecule has 0 spiro atoms. The average molecular weight is 307 g/mol. The highest BCUT2D eigenvalue weighted by Crippen LogP contribution is 2.24. The number of carbonyl (C=O) groups excluding carboxylic acids is 1. The molecule has 0 bridgehead atoms. The molecule has 0 heterocycles. The minimum atomic E-state index is -0.823. The topological polar surface area (TPSA) is 55.1 Å². The van der Waals surface area contributed by atoms with Crippen LogP contribution in [-0.2, 0) is 4.79 Å². The molecule has 0 fully saturated rings. The number of nitrogens with one attached hydrogen (secondary N) is 1. The summed E-state index contributed by atoms with van der Waals surface area (Å²) in [5, 5.41) is 2.37. The van der Waals surface area contributed by atoms with Crippen molar-refractivity contribution >= 4 is 27.5 Å². The Hall–Kier alpha value is -1.01. The van der Waals surface area contributed by atoms with Gasteiger partial charge in [0.15, 0.2) is 0 Å². The van der Waals surface area contributed by atoms with Crippen LogP contribution in [0.1, 0.15) is 13.8 Å². The molecule has 2 unspecified atom stereocenters. The molecule has 1 aromatic carbocycles. The van der Waals surface area contributed by atoms with E-state index in [4.69, 9.17) is 5.73 Å². The molecule has 3 N–H and O–H groups in total. The number of carbonyl (C=O) groups is 1. The van der Waals surface area contributed by atoms with Crippen molar-refractivity contribution < 1.29 is 13.6 Å². The number of halogens is 3. The first-order valence-corrected chi connectivity index (χ1v) is 5.83. The molecule has 17 heavy (non-hydrogen) atoms. The lowest BCUT2D eigenvalue weighted by Gasteiger charge is -2.15. The van der Waals surface area contributed by atoms with E-state index < -0.39 is 23.5 Å². The third kappa shape index (κ3) is 3.47. The zero-order valence-electron chi connectivity index (χ0n) is 9.43. The van der Waals surface area contributed by atoms with Gasteiger partial charge in [-0.15, -0.1) is 0 Å². The summed E-state index contributed by atoms with van der Waals surface area (Å²) in [6.45, 7) is 3.32. The Kier molecular flexibility index (Phi) is 4.59. The fourth-order valence-corrected chi connectivity index (χ4v) is 1.45. The maximum atomic E-state index is 13.3. The zero-order chi connectivity index (χ0) is 13.2. The van der Waals surface area contributed by atoms with E-state index in [0.29, 0.717) is 6.07 Å². The maximum absolute atomic E-state index is 13.3. The van der Waals surface area contributed by atoms with Crippen LogP contribution in [0, 0.1) is 17.6 Å². The van der Waals surface area contributed by atoms with Gasteiger partial charge in [0.25, 0.3) is 0 Å². The quantitative estimate of drug-likeness (QED) is 0.844. The Labute approximate surface area is 107 Å². The van der Waals surface area contributed by atoms with Crippen LogP contribution in [0.2, 0.25) is 0 Å². The Morgan fingerprint density at radius 3 is 2.47 bits per heavy atom. The van der Waals surface area contributed by atoms with Gasteiger partial charge >= 0.3 is 0 Å². The van der Waals surface area contributed by atoms with Crippen LogP contribution in [0.25, 0.3) is 0 Å². The number of nitrogens with two attached hydrogens (primary N) is 1. The van der Waals surface area contributed by atoms with E-state index >= 15 is 0 Å². The van der Waals surface area contributed by atoms with E-state index in [0.717, 1.165) is 0 Å². The van der Waals surface area contributed by atoms with Crippen LogP contribution in [0.5, 0.6) is 0 Å². The second-order valence-corrected chi connectivity index (χ2v) is 4.74. The number of anilines is 1. The minimum absolute atomic E-state index is 0.0734. The molecular weight excluding hydrogens is 294 g/mol. The van der Waals surface area contributed by atoms with Gasteiger partial charge in [-0.05, 0) is 28.9 Å². The Bertz CT molecular complexity index is 438. The lowest BCUT2D eigenvalue weighted by atomic mass is 10.0. The first-order valence-electron chi connectivity index (χ1n) is 5.04. The highest BCUT2D eigenvalue weighted by Gasteiger charge is 2.19. The maximum Gasteiger partial charge on any atom is 0.228 e. The molecule has 1 amide bonds. The SMILES string of the molecule is CC(N)C(C)C(=O)Nc1cc(Br)c(F)cc1F. The van der Waals surface area contributed by atoms with Crippen molar-refractivity contribution in [3.8, 4) is 0 Å². The van der Waals surface area contributed by atoms with Crippen LogP contribution in [0.15, 0.2) is 16.6 Å². The van der Waals surface area contributed by atoms with Crippen molar-refractivity contribution in [2.75, 3.05) is 5.32 Å².